The number of urea groups is 1. The molecule has 23 heavy (non-hydrogen) atoms. The lowest BCUT2D eigenvalue weighted by molar-refractivity contribution is 0.0357. The number of rotatable bonds is 5. The van der Waals surface area contributed by atoms with Crippen LogP contribution in [0.3, 0.4) is 0 Å². The summed E-state index contributed by atoms with van der Waals surface area (Å²) >= 11 is 0. The molecule has 2 aliphatic rings. The summed E-state index contributed by atoms with van der Waals surface area (Å²) in [7, 11) is 1.82. The van der Waals surface area contributed by atoms with Crippen molar-refractivity contribution in [3.05, 3.63) is 35.6 Å². The number of carbonyl (C=O) groups excluding carboxylic acids is 1. The van der Waals surface area contributed by atoms with Gasteiger partial charge in [-0.15, -0.1) is 0 Å². The molecule has 1 saturated carbocycles. The van der Waals surface area contributed by atoms with Gasteiger partial charge in [0.25, 0.3) is 0 Å². The molecule has 1 aromatic rings. The molecule has 0 spiro atoms. The van der Waals surface area contributed by atoms with Crippen molar-refractivity contribution in [1.82, 2.24) is 15.1 Å². The average Bonchev–Trinajstić information content (AvgIpc) is 3.33. The molecular formula is C17H24FN3O2. The quantitative estimate of drug-likeness (QED) is 0.897. The van der Waals surface area contributed by atoms with Crippen molar-refractivity contribution in [3.63, 3.8) is 0 Å². The summed E-state index contributed by atoms with van der Waals surface area (Å²) in [5, 5.41) is 3.05. The molecule has 1 aliphatic carbocycles. The fourth-order valence-corrected chi connectivity index (χ4v) is 2.92. The number of benzene rings is 1. The lowest BCUT2D eigenvalue weighted by atomic mass is 10.1. The van der Waals surface area contributed by atoms with Gasteiger partial charge in [-0.05, 0) is 24.1 Å². The van der Waals surface area contributed by atoms with Crippen molar-refractivity contribution in [3.8, 4) is 0 Å². The molecule has 1 saturated heterocycles. The van der Waals surface area contributed by atoms with E-state index >= 15 is 0 Å². The topological polar surface area (TPSA) is 44.8 Å². The predicted octanol–water partition coefficient (Wildman–Crippen LogP) is 1.66. The van der Waals surface area contributed by atoms with Crippen LogP contribution in [-0.4, -0.2) is 68.3 Å². The van der Waals surface area contributed by atoms with Crippen molar-refractivity contribution in [2.75, 3.05) is 46.4 Å². The van der Waals surface area contributed by atoms with Crippen LogP contribution in [0.5, 0.6) is 0 Å². The highest BCUT2D eigenvalue weighted by atomic mass is 19.1. The molecule has 3 rings (SSSR count). The van der Waals surface area contributed by atoms with Gasteiger partial charge in [-0.1, -0.05) is 12.1 Å². The van der Waals surface area contributed by atoms with Gasteiger partial charge in [-0.3, -0.25) is 4.90 Å². The van der Waals surface area contributed by atoms with Gasteiger partial charge in [-0.2, -0.15) is 0 Å². The maximum Gasteiger partial charge on any atom is 0.317 e. The van der Waals surface area contributed by atoms with Gasteiger partial charge in [0, 0.05) is 45.2 Å². The van der Waals surface area contributed by atoms with Crippen LogP contribution < -0.4 is 5.32 Å². The Morgan fingerprint density at radius 3 is 2.74 bits per heavy atom. The first-order chi connectivity index (χ1) is 11.1. The third-order valence-corrected chi connectivity index (χ3v) is 4.60. The number of nitrogens with one attached hydrogen (secondary N) is 1. The van der Waals surface area contributed by atoms with E-state index in [-0.39, 0.29) is 17.9 Å². The third-order valence-electron chi connectivity index (χ3n) is 4.60. The van der Waals surface area contributed by atoms with E-state index in [0.717, 1.165) is 44.8 Å². The Kier molecular flexibility index (Phi) is 5.13. The zero-order valence-corrected chi connectivity index (χ0v) is 13.5. The molecule has 1 aromatic carbocycles. The van der Waals surface area contributed by atoms with Crippen LogP contribution in [0.15, 0.2) is 24.3 Å². The third kappa shape index (κ3) is 4.42. The van der Waals surface area contributed by atoms with Crippen LogP contribution >= 0.6 is 0 Å². The Bertz CT molecular complexity index is 531. The molecule has 0 unspecified atom stereocenters. The lowest BCUT2D eigenvalue weighted by Crippen LogP contribution is -2.45. The molecule has 5 nitrogen and oxygen atoms in total. The maximum absolute atomic E-state index is 12.9. The van der Waals surface area contributed by atoms with Crippen molar-refractivity contribution >= 4 is 6.03 Å². The highest BCUT2D eigenvalue weighted by Gasteiger charge is 2.39. The van der Waals surface area contributed by atoms with E-state index in [0.29, 0.717) is 12.5 Å². The van der Waals surface area contributed by atoms with Gasteiger partial charge in [0.1, 0.15) is 5.82 Å². The standard InChI is InChI=1S/C17H24FN3O2/c1-20(6-7-21-8-10-23-11-9-21)17(22)19-16-12-15(16)13-2-4-14(18)5-3-13/h2-5,15-16H,6-12H2,1H3,(H,19,22)/t15-,16+/m0/s1. The van der Waals surface area contributed by atoms with Crippen molar-refractivity contribution in [1.29, 1.82) is 0 Å². The average molecular weight is 321 g/mol. The number of amides is 2. The van der Waals surface area contributed by atoms with E-state index < -0.39 is 0 Å². The number of nitrogens with zero attached hydrogens (tertiary/aromatic N) is 2. The first-order valence-corrected chi connectivity index (χ1v) is 8.20. The Hall–Kier alpha value is -1.66. The number of halogens is 1. The molecule has 126 valence electrons. The molecule has 2 fully saturated rings. The SMILES string of the molecule is CN(CCN1CCOCC1)C(=O)N[C@@H]1C[C@H]1c1ccc(F)cc1. The van der Waals surface area contributed by atoms with E-state index in [1.807, 2.05) is 7.05 Å². The summed E-state index contributed by atoms with van der Waals surface area (Å²) in [6.45, 7) is 5.00. The largest absolute Gasteiger partial charge is 0.379 e. The summed E-state index contributed by atoms with van der Waals surface area (Å²) in [5.74, 6) is 0.0880. The Balaban J connectivity index is 1.40. The monoisotopic (exact) mass is 321 g/mol. The Labute approximate surface area is 136 Å². The predicted molar refractivity (Wildman–Crippen MR) is 86.0 cm³/mol. The molecule has 1 heterocycles. The minimum Gasteiger partial charge on any atom is -0.379 e. The van der Waals surface area contributed by atoms with Crippen LogP contribution in [0.1, 0.15) is 17.9 Å². The number of ether oxygens (including phenoxy) is 1. The normalized spacial score (nSPS) is 24.3. The Morgan fingerprint density at radius 1 is 1.35 bits per heavy atom. The van der Waals surface area contributed by atoms with Crippen molar-refractivity contribution in [2.45, 2.75) is 18.4 Å². The van der Waals surface area contributed by atoms with Crippen molar-refractivity contribution in [2.24, 2.45) is 0 Å². The van der Waals surface area contributed by atoms with Crippen LogP contribution in [0.4, 0.5) is 9.18 Å². The molecule has 0 aromatic heterocycles. The maximum atomic E-state index is 12.9. The fraction of sp³-hybridized carbons (Fsp3) is 0.588. The summed E-state index contributed by atoms with van der Waals surface area (Å²) in [5.41, 5.74) is 1.09. The number of hydrogen-bond acceptors (Lipinski definition) is 3. The second-order valence-corrected chi connectivity index (χ2v) is 6.33. The molecule has 1 aliphatic heterocycles. The Morgan fingerprint density at radius 2 is 2.04 bits per heavy atom. The van der Waals surface area contributed by atoms with Gasteiger partial charge >= 0.3 is 6.03 Å². The number of likely N-dealkylation sites (N-methyl/N-ethyl adjacent to an activating group) is 1. The van der Waals surface area contributed by atoms with Crippen molar-refractivity contribution < 1.29 is 13.9 Å². The molecule has 0 radical (unpaired) electrons. The van der Waals surface area contributed by atoms with Crippen LogP contribution in [0.2, 0.25) is 0 Å². The number of morpholine rings is 1. The van der Waals surface area contributed by atoms with Gasteiger partial charge in [-0.25, -0.2) is 9.18 Å². The van der Waals surface area contributed by atoms with E-state index in [2.05, 4.69) is 10.2 Å². The van der Waals surface area contributed by atoms with Gasteiger partial charge in [0.2, 0.25) is 0 Å². The minimum absolute atomic E-state index is 0.0344. The number of carbonyl (C=O) groups is 1. The summed E-state index contributed by atoms with van der Waals surface area (Å²) in [6, 6.07) is 6.68. The first kappa shape index (κ1) is 16.2. The summed E-state index contributed by atoms with van der Waals surface area (Å²) in [6.07, 6.45) is 0.925. The van der Waals surface area contributed by atoms with Crippen LogP contribution in [-0.2, 0) is 4.74 Å². The van der Waals surface area contributed by atoms with Crippen LogP contribution in [0.25, 0.3) is 0 Å². The van der Waals surface area contributed by atoms with Gasteiger partial charge in [0.15, 0.2) is 0 Å². The zero-order chi connectivity index (χ0) is 16.2. The molecular weight excluding hydrogens is 297 g/mol. The highest BCUT2D eigenvalue weighted by molar-refractivity contribution is 5.74. The van der Waals surface area contributed by atoms with E-state index in [9.17, 15) is 9.18 Å². The van der Waals surface area contributed by atoms with E-state index in [1.165, 1.54) is 12.1 Å². The van der Waals surface area contributed by atoms with E-state index in [4.69, 9.17) is 4.74 Å². The second-order valence-electron chi connectivity index (χ2n) is 6.33. The first-order valence-electron chi connectivity index (χ1n) is 8.20. The molecule has 2 amide bonds. The lowest BCUT2D eigenvalue weighted by Gasteiger charge is -2.28. The smallest absolute Gasteiger partial charge is 0.317 e. The molecule has 1 N–H and O–H groups in total. The minimum atomic E-state index is -0.224. The molecule has 0 bridgehead atoms. The van der Waals surface area contributed by atoms with Crippen LogP contribution in [0, 0.1) is 5.82 Å². The summed E-state index contributed by atoms with van der Waals surface area (Å²) < 4.78 is 18.3. The van der Waals surface area contributed by atoms with E-state index in [1.54, 1.807) is 17.0 Å². The molecule has 2 atom stereocenters. The fourth-order valence-electron chi connectivity index (χ4n) is 2.92. The van der Waals surface area contributed by atoms with Gasteiger partial charge < -0.3 is 15.0 Å². The number of hydrogen-bond donors (Lipinski definition) is 1. The highest BCUT2D eigenvalue weighted by Crippen LogP contribution is 2.40. The zero-order valence-electron chi connectivity index (χ0n) is 13.5. The van der Waals surface area contributed by atoms with Gasteiger partial charge in [0.05, 0.1) is 13.2 Å². The second kappa shape index (κ2) is 7.27. The summed E-state index contributed by atoms with van der Waals surface area (Å²) in [4.78, 5) is 16.3. The molecule has 6 heteroatoms.